The number of rotatable bonds is 9. The van der Waals surface area contributed by atoms with Crippen LogP contribution in [0.25, 0.3) is 22.4 Å². The van der Waals surface area contributed by atoms with Crippen molar-refractivity contribution in [2.45, 2.75) is 62.8 Å². The third-order valence-electron chi connectivity index (χ3n) is 8.38. The van der Waals surface area contributed by atoms with Crippen LogP contribution in [0.15, 0.2) is 66.9 Å². The fourth-order valence-electron chi connectivity index (χ4n) is 6.43. The molecule has 3 heterocycles. The first-order valence-corrected chi connectivity index (χ1v) is 14.0. The van der Waals surface area contributed by atoms with Crippen LogP contribution >= 0.6 is 0 Å². The highest BCUT2D eigenvalue weighted by Crippen LogP contribution is 2.44. The summed E-state index contributed by atoms with van der Waals surface area (Å²) < 4.78 is 12.1. The second-order valence-electron chi connectivity index (χ2n) is 11.2. The topological polar surface area (TPSA) is 123 Å². The zero-order chi connectivity index (χ0) is 27.5. The van der Waals surface area contributed by atoms with Gasteiger partial charge in [-0.15, -0.1) is 0 Å². The summed E-state index contributed by atoms with van der Waals surface area (Å²) in [6.07, 6.45) is 4.95. The van der Waals surface area contributed by atoms with Crippen molar-refractivity contribution in [3.63, 3.8) is 0 Å². The average Bonchev–Trinajstić information content (AvgIpc) is 3.68. The van der Waals surface area contributed by atoms with Gasteiger partial charge in [-0.1, -0.05) is 67.4 Å². The van der Waals surface area contributed by atoms with E-state index in [4.69, 9.17) is 14.5 Å². The van der Waals surface area contributed by atoms with E-state index in [1.165, 1.54) is 5.56 Å². The molecule has 3 fully saturated rings. The smallest absolute Gasteiger partial charge is 0.303 e. The Morgan fingerprint density at radius 3 is 2.23 bits per heavy atom. The Hall–Kier alpha value is -3.82. The number of benzene rings is 2. The van der Waals surface area contributed by atoms with Crippen molar-refractivity contribution >= 4 is 17.8 Å². The highest BCUT2D eigenvalue weighted by molar-refractivity contribution is 5.78. The van der Waals surface area contributed by atoms with Crippen molar-refractivity contribution in [3.8, 4) is 22.4 Å². The van der Waals surface area contributed by atoms with Crippen LogP contribution in [0, 0.1) is 5.41 Å². The number of aromatic nitrogens is 2. The molecule has 4 atom stereocenters. The minimum Gasteiger partial charge on any atom is -0.481 e. The molecule has 0 spiro atoms. The highest BCUT2D eigenvalue weighted by Gasteiger charge is 2.49. The number of hydrogen-bond donors (Lipinski definition) is 3. The summed E-state index contributed by atoms with van der Waals surface area (Å²) in [5, 5.41) is 15.8. The molecule has 1 saturated carbocycles. The van der Waals surface area contributed by atoms with Crippen LogP contribution in [-0.4, -0.2) is 64.5 Å². The van der Waals surface area contributed by atoms with E-state index in [0.29, 0.717) is 19.2 Å². The molecule has 0 unspecified atom stereocenters. The summed E-state index contributed by atoms with van der Waals surface area (Å²) in [7, 11) is 0. The molecule has 3 aliphatic rings. The van der Waals surface area contributed by atoms with Gasteiger partial charge in [0.2, 0.25) is 11.9 Å². The summed E-state index contributed by atoms with van der Waals surface area (Å²) in [5.41, 5.74) is 3.67. The summed E-state index contributed by atoms with van der Waals surface area (Å²) in [5.74, 6) is -0.485. The normalized spacial score (nSPS) is 24.9. The third kappa shape index (κ3) is 5.71. The molecule has 1 amide bonds. The van der Waals surface area contributed by atoms with Crippen molar-refractivity contribution in [3.05, 3.63) is 66.9 Å². The van der Waals surface area contributed by atoms with Crippen molar-refractivity contribution in [2.75, 3.05) is 18.5 Å². The molecule has 3 N–H and O–H groups in total. The van der Waals surface area contributed by atoms with Gasteiger partial charge in [0.05, 0.1) is 37.4 Å². The maximum absolute atomic E-state index is 12.9. The lowest BCUT2D eigenvalue weighted by molar-refractivity contribution is -0.140. The number of nitrogens with one attached hydrogen (secondary N) is 2. The van der Waals surface area contributed by atoms with Gasteiger partial charge in [0.15, 0.2) is 0 Å². The third-order valence-corrected chi connectivity index (χ3v) is 8.38. The van der Waals surface area contributed by atoms with Crippen molar-refractivity contribution < 1.29 is 24.2 Å². The number of hydrogen-bond acceptors (Lipinski definition) is 7. The van der Waals surface area contributed by atoms with Crippen LogP contribution in [0.2, 0.25) is 0 Å². The number of carboxylic acid groups (broad SMARTS) is 1. The molecule has 1 aliphatic carbocycles. The van der Waals surface area contributed by atoms with E-state index >= 15 is 0 Å². The Bertz CT molecular complexity index is 1340. The second kappa shape index (κ2) is 11.3. The lowest BCUT2D eigenvalue weighted by Gasteiger charge is -2.27. The number of carbonyl (C=O) groups is 2. The molecule has 0 radical (unpaired) electrons. The molecule has 6 rings (SSSR count). The second-order valence-corrected chi connectivity index (χ2v) is 11.2. The SMILES string of the molecule is O=C(O)CC1(CC(=O)N[C@H]2CO[C@H]3[C@@H]2OC[C@@H]3Nc2nccc(-c3ccc(-c4ccccc4)cc3)n2)CCCC1. The summed E-state index contributed by atoms with van der Waals surface area (Å²) in [6.45, 7) is 0.754. The van der Waals surface area contributed by atoms with Gasteiger partial charge in [-0.3, -0.25) is 9.59 Å². The van der Waals surface area contributed by atoms with Gasteiger partial charge in [0.1, 0.15) is 12.2 Å². The number of carbonyl (C=O) groups excluding carboxylic acids is 1. The van der Waals surface area contributed by atoms with Crippen molar-refractivity contribution in [1.82, 2.24) is 15.3 Å². The van der Waals surface area contributed by atoms with Gasteiger partial charge in [-0.05, 0) is 35.4 Å². The first kappa shape index (κ1) is 26.4. The van der Waals surface area contributed by atoms with E-state index in [1.807, 2.05) is 24.3 Å². The van der Waals surface area contributed by atoms with Crippen LogP contribution in [0.5, 0.6) is 0 Å². The van der Waals surface area contributed by atoms with Gasteiger partial charge in [0, 0.05) is 18.2 Å². The number of nitrogens with zero attached hydrogens (tertiary/aromatic N) is 2. The quantitative estimate of drug-likeness (QED) is 0.366. The molecule has 1 aromatic heterocycles. The van der Waals surface area contributed by atoms with Crippen LogP contribution < -0.4 is 10.6 Å². The molecule has 208 valence electrons. The van der Waals surface area contributed by atoms with E-state index < -0.39 is 11.4 Å². The standard InChI is InChI=1S/C31H34N4O5/c36-26(16-31(17-27(37)38)13-4-5-14-31)33-24-18-39-29-25(19-40-28(24)29)35-30-32-15-12-23(34-30)22-10-8-21(9-11-22)20-6-2-1-3-7-20/h1-3,6-12,15,24-25,28-29H,4-5,13-14,16-19H2,(H,33,36)(H,37,38)(H,32,34,35)/t24-,25-,28+,29+/m0/s1. The van der Waals surface area contributed by atoms with Crippen LogP contribution in [0.3, 0.4) is 0 Å². The Morgan fingerprint density at radius 1 is 0.850 bits per heavy atom. The molecule has 9 heteroatoms. The van der Waals surface area contributed by atoms with Crippen molar-refractivity contribution in [1.29, 1.82) is 0 Å². The van der Waals surface area contributed by atoms with E-state index in [1.54, 1.807) is 6.20 Å². The predicted octanol–water partition coefficient (Wildman–Crippen LogP) is 4.30. The Kier molecular flexibility index (Phi) is 7.49. The molecule has 9 nitrogen and oxygen atoms in total. The van der Waals surface area contributed by atoms with E-state index in [-0.39, 0.29) is 43.0 Å². The number of carboxylic acids is 1. The Morgan fingerprint density at radius 2 is 1.50 bits per heavy atom. The fraction of sp³-hybridized carbons (Fsp3) is 0.419. The van der Waals surface area contributed by atoms with Gasteiger partial charge in [-0.2, -0.15) is 0 Å². The van der Waals surface area contributed by atoms with Crippen LogP contribution in [-0.2, 0) is 19.1 Å². The minimum atomic E-state index is -0.845. The molecule has 40 heavy (non-hydrogen) atoms. The van der Waals surface area contributed by atoms with Crippen LogP contribution in [0.1, 0.15) is 38.5 Å². The average molecular weight is 543 g/mol. The molecule has 2 aliphatic heterocycles. The van der Waals surface area contributed by atoms with Crippen LogP contribution in [0.4, 0.5) is 5.95 Å². The predicted molar refractivity (Wildman–Crippen MR) is 149 cm³/mol. The summed E-state index contributed by atoms with van der Waals surface area (Å²) in [4.78, 5) is 33.5. The van der Waals surface area contributed by atoms with Gasteiger partial charge in [0.25, 0.3) is 0 Å². The zero-order valence-electron chi connectivity index (χ0n) is 22.3. The van der Waals surface area contributed by atoms with Gasteiger partial charge in [-0.25, -0.2) is 9.97 Å². The molecule has 2 saturated heterocycles. The molecular formula is C31H34N4O5. The number of aliphatic carboxylic acids is 1. The van der Waals surface area contributed by atoms with E-state index in [2.05, 4.69) is 52.0 Å². The first-order chi connectivity index (χ1) is 19.5. The number of amides is 1. The van der Waals surface area contributed by atoms with Gasteiger partial charge >= 0.3 is 5.97 Å². The molecule has 0 bridgehead atoms. The molecule has 3 aromatic rings. The maximum Gasteiger partial charge on any atom is 0.303 e. The number of ether oxygens (including phenoxy) is 2. The summed E-state index contributed by atoms with van der Waals surface area (Å²) in [6, 6.07) is 20.0. The van der Waals surface area contributed by atoms with Crippen molar-refractivity contribution in [2.24, 2.45) is 5.41 Å². The Balaban J connectivity index is 1.06. The molecular weight excluding hydrogens is 508 g/mol. The lowest BCUT2D eigenvalue weighted by atomic mass is 9.79. The van der Waals surface area contributed by atoms with Gasteiger partial charge < -0.3 is 25.2 Å². The fourth-order valence-corrected chi connectivity index (χ4v) is 6.43. The van der Waals surface area contributed by atoms with E-state index in [0.717, 1.165) is 42.5 Å². The first-order valence-electron chi connectivity index (χ1n) is 14.0. The zero-order valence-corrected chi connectivity index (χ0v) is 22.3. The largest absolute Gasteiger partial charge is 0.481 e. The maximum atomic E-state index is 12.9. The summed E-state index contributed by atoms with van der Waals surface area (Å²) >= 11 is 0. The number of anilines is 1. The Labute approximate surface area is 233 Å². The number of fused-ring (bicyclic) bond motifs is 1. The lowest BCUT2D eigenvalue weighted by Crippen LogP contribution is -2.46. The van der Waals surface area contributed by atoms with E-state index in [9.17, 15) is 14.7 Å². The monoisotopic (exact) mass is 542 g/mol. The molecule has 2 aromatic carbocycles. The highest BCUT2D eigenvalue weighted by atomic mass is 16.6. The minimum absolute atomic E-state index is 0.0341.